The van der Waals surface area contributed by atoms with Crippen LogP contribution in [-0.4, -0.2) is 38.2 Å². The van der Waals surface area contributed by atoms with Crippen molar-refractivity contribution in [2.24, 2.45) is 0 Å². The lowest BCUT2D eigenvalue weighted by Gasteiger charge is -2.20. The van der Waals surface area contributed by atoms with Crippen molar-refractivity contribution in [3.05, 3.63) is 53.6 Å². The molecule has 3 rings (SSSR count). The molecule has 0 fully saturated rings. The van der Waals surface area contributed by atoms with E-state index < -0.39 is 15.9 Å². The molecule has 0 spiro atoms. The largest absolute Gasteiger partial charge is 0.454 e. The Bertz CT molecular complexity index is 927. The molecule has 1 amide bonds. The molecule has 8 heteroatoms. The highest BCUT2D eigenvalue weighted by molar-refractivity contribution is 7.88. The van der Waals surface area contributed by atoms with Crippen molar-refractivity contribution in [3.8, 4) is 11.5 Å². The highest BCUT2D eigenvalue weighted by Gasteiger charge is 2.22. The van der Waals surface area contributed by atoms with E-state index in [1.807, 2.05) is 25.1 Å². The summed E-state index contributed by atoms with van der Waals surface area (Å²) < 4.78 is 35.9. The first-order valence-corrected chi connectivity index (χ1v) is 9.87. The van der Waals surface area contributed by atoms with Crippen molar-refractivity contribution in [3.63, 3.8) is 0 Å². The lowest BCUT2D eigenvalue weighted by molar-refractivity contribution is -0.116. The summed E-state index contributed by atoms with van der Waals surface area (Å²) in [5, 5.41) is 2.75. The van der Waals surface area contributed by atoms with E-state index in [2.05, 4.69) is 5.32 Å². The number of benzene rings is 2. The van der Waals surface area contributed by atoms with Crippen molar-refractivity contribution < 1.29 is 22.7 Å². The van der Waals surface area contributed by atoms with Gasteiger partial charge in [-0.3, -0.25) is 4.79 Å². The second kappa shape index (κ2) is 7.35. The third kappa shape index (κ3) is 4.33. The summed E-state index contributed by atoms with van der Waals surface area (Å²) in [6.07, 6.45) is 1.08. The second-order valence-electron chi connectivity index (χ2n) is 6.08. The first-order chi connectivity index (χ1) is 12.3. The van der Waals surface area contributed by atoms with Crippen LogP contribution in [0.15, 0.2) is 42.5 Å². The molecule has 0 unspecified atom stereocenters. The summed E-state index contributed by atoms with van der Waals surface area (Å²) in [4.78, 5) is 12.3. The predicted molar refractivity (Wildman–Crippen MR) is 97.6 cm³/mol. The van der Waals surface area contributed by atoms with Crippen LogP contribution in [0, 0.1) is 6.92 Å². The Balaban J connectivity index is 1.72. The maximum atomic E-state index is 12.3. The van der Waals surface area contributed by atoms with Gasteiger partial charge in [0.15, 0.2) is 11.5 Å². The van der Waals surface area contributed by atoms with Crippen LogP contribution in [0.3, 0.4) is 0 Å². The lowest BCUT2D eigenvalue weighted by atomic mass is 10.2. The fraction of sp³-hybridized carbons (Fsp3) is 0.278. The number of hydrogen-bond donors (Lipinski definition) is 1. The molecule has 2 aromatic rings. The molecule has 1 aliphatic heterocycles. The summed E-state index contributed by atoms with van der Waals surface area (Å²) in [7, 11) is -3.57. The van der Waals surface area contributed by atoms with Crippen LogP contribution in [0.25, 0.3) is 0 Å². The van der Waals surface area contributed by atoms with E-state index in [-0.39, 0.29) is 19.9 Å². The molecule has 1 heterocycles. The van der Waals surface area contributed by atoms with E-state index in [1.165, 1.54) is 0 Å². The molecule has 26 heavy (non-hydrogen) atoms. The SMILES string of the molecule is Cc1ccccc1NC(=O)CN(Cc1ccc2c(c1)OCO2)S(C)(=O)=O. The molecule has 0 aliphatic carbocycles. The van der Waals surface area contributed by atoms with Crippen LogP contribution in [-0.2, 0) is 21.4 Å². The average Bonchev–Trinajstić information content (AvgIpc) is 3.03. The van der Waals surface area contributed by atoms with E-state index >= 15 is 0 Å². The Morgan fingerprint density at radius 1 is 1.15 bits per heavy atom. The van der Waals surface area contributed by atoms with Gasteiger partial charge in [-0.1, -0.05) is 24.3 Å². The normalized spacial score (nSPS) is 13.0. The minimum atomic E-state index is -3.57. The zero-order valence-electron chi connectivity index (χ0n) is 14.6. The number of ether oxygens (including phenoxy) is 2. The van der Waals surface area contributed by atoms with Crippen molar-refractivity contribution >= 4 is 21.6 Å². The molecule has 2 aromatic carbocycles. The van der Waals surface area contributed by atoms with Crippen LogP contribution in [0.5, 0.6) is 11.5 Å². The lowest BCUT2D eigenvalue weighted by Crippen LogP contribution is -2.37. The van der Waals surface area contributed by atoms with Gasteiger partial charge >= 0.3 is 0 Å². The number of carbonyl (C=O) groups excluding carboxylic acids is 1. The molecule has 1 aliphatic rings. The fourth-order valence-corrected chi connectivity index (χ4v) is 3.33. The van der Waals surface area contributed by atoms with Gasteiger partial charge in [0.25, 0.3) is 0 Å². The Labute approximate surface area is 152 Å². The highest BCUT2D eigenvalue weighted by atomic mass is 32.2. The number of aryl methyl sites for hydroxylation is 1. The predicted octanol–water partition coefficient (Wildman–Crippen LogP) is 2.12. The van der Waals surface area contributed by atoms with Crippen molar-refractivity contribution in [1.29, 1.82) is 0 Å². The maximum absolute atomic E-state index is 12.3. The number of nitrogens with one attached hydrogen (secondary N) is 1. The second-order valence-corrected chi connectivity index (χ2v) is 8.06. The van der Waals surface area contributed by atoms with E-state index in [0.29, 0.717) is 22.7 Å². The molecule has 7 nitrogen and oxygen atoms in total. The van der Waals surface area contributed by atoms with Crippen LogP contribution in [0.2, 0.25) is 0 Å². The van der Waals surface area contributed by atoms with Gasteiger partial charge in [-0.05, 0) is 36.2 Å². The van der Waals surface area contributed by atoms with Crippen LogP contribution in [0.4, 0.5) is 5.69 Å². The van der Waals surface area contributed by atoms with Gasteiger partial charge in [0, 0.05) is 12.2 Å². The summed E-state index contributed by atoms with van der Waals surface area (Å²) >= 11 is 0. The highest BCUT2D eigenvalue weighted by Crippen LogP contribution is 2.33. The molecule has 0 aromatic heterocycles. The molecule has 0 atom stereocenters. The fourth-order valence-electron chi connectivity index (χ4n) is 2.60. The monoisotopic (exact) mass is 376 g/mol. The first-order valence-electron chi connectivity index (χ1n) is 8.02. The minimum absolute atomic E-state index is 0.0661. The molecular weight excluding hydrogens is 356 g/mol. The summed E-state index contributed by atoms with van der Waals surface area (Å²) in [6.45, 7) is 1.81. The van der Waals surface area contributed by atoms with Crippen LogP contribution >= 0.6 is 0 Å². The van der Waals surface area contributed by atoms with E-state index in [4.69, 9.17) is 9.47 Å². The molecular formula is C18H20N2O5S. The van der Waals surface area contributed by atoms with Gasteiger partial charge in [-0.25, -0.2) is 8.42 Å². The third-order valence-electron chi connectivity index (χ3n) is 4.00. The van der Waals surface area contributed by atoms with Crippen LogP contribution < -0.4 is 14.8 Å². The third-order valence-corrected chi connectivity index (χ3v) is 5.20. The number of amides is 1. The van der Waals surface area contributed by atoms with Crippen molar-refractivity contribution in [2.75, 3.05) is 24.9 Å². The van der Waals surface area contributed by atoms with Gasteiger partial charge in [0.05, 0.1) is 12.8 Å². The molecule has 138 valence electrons. The van der Waals surface area contributed by atoms with Gasteiger partial charge < -0.3 is 14.8 Å². The number of carbonyl (C=O) groups is 1. The van der Waals surface area contributed by atoms with Gasteiger partial charge in [0.1, 0.15) is 0 Å². The van der Waals surface area contributed by atoms with Gasteiger partial charge in [-0.15, -0.1) is 0 Å². The Morgan fingerprint density at radius 3 is 2.62 bits per heavy atom. The topological polar surface area (TPSA) is 84.9 Å². The summed E-state index contributed by atoms with van der Waals surface area (Å²) in [6, 6.07) is 12.5. The molecule has 0 saturated carbocycles. The van der Waals surface area contributed by atoms with Gasteiger partial charge in [-0.2, -0.15) is 4.31 Å². The Kier molecular flexibility index (Phi) is 5.15. The summed E-state index contributed by atoms with van der Waals surface area (Å²) in [5.74, 6) is 0.794. The van der Waals surface area contributed by atoms with Crippen LogP contribution in [0.1, 0.15) is 11.1 Å². The molecule has 0 bridgehead atoms. The number of hydrogen-bond acceptors (Lipinski definition) is 5. The quantitative estimate of drug-likeness (QED) is 0.835. The number of nitrogens with zero attached hydrogens (tertiary/aromatic N) is 1. The van der Waals surface area contributed by atoms with E-state index in [1.54, 1.807) is 24.3 Å². The smallest absolute Gasteiger partial charge is 0.239 e. The number of rotatable bonds is 6. The molecule has 1 N–H and O–H groups in total. The van der Waals surface area contributed by atoms with E-state index in [0.717, 1.165) is 16.1 Å². The number of sulfonamides is 1. The number of fused-ring (bicyclic) bond motifs is 1. The first kappa shape index (κ1) is 18.2. The minimum Gasteiger partial charge on any atom is -0.454 e. The Morgan fingerprint density at radius 2 is 1.88 bits per heavy atom. The zero-order chi connectivity index (χ0) is 18.7. The maximum Gasteiger partial charge on any atom is 0.239 e. The Hall–Kier alpha value is -2.58. The summed E-state index contributed by atoms with van der Waals surface area (Å²) in [5.41, 5.74) is 2.28. The zero-order valence-corrected chi connectivity index (χ0v) is 15.4. The van der Waals surface area contributed by atoms with Gasteiger partial charge in [0.2, 0.25) is 22.7 Å². The standard InChI is InChI=1S/C18H20N2O5S/c1-13-5-3-4-6-15(13)19-18(21)11-20(26(2,22)23)10-14-7-8-16-17(9-14)25-12-24-16/h3-9H,10-12H2,1-2H3,(H,19,21). The van der Waals surface area contributed by atoms with Crippen molar-refractivity contribution in [2.45, 2.75) is 13.5 Å². The average molecular weight is 376 g/mol. The van der Waals surface area contributed by atoms with Crippen molar-refractivity contribution in [1.82, 2.24) is 4.31 Å². The van der Waals surface area contributed by atoms with E-state index in [9.17, 15) is 13.2 Å². The molecule has 0 radical (unpaired) electrons. The number of anilines is 1. The molecule has 0 saturated heterocycles. The number of para-hydroxylation sites is 1.